The SMILES string of the molecule is CCCNc1ncc(CNCc2ccccc2Cl)cn1. The predicted molar refractivity (Wildman–Crippen MR) is 82.8 cm³/mol. The first kappa shape index (κ1) is 14.8. The minimum absolute atomic E-state index is 0.682. The summed E-state index contributed by atoms with van der Waals surface area (Å²) >= 11 is 6.10. The quantitative estimate of drug-likeness (QED) is 0.822. The van der Waals surface area contributed by atoms with Crippen LogP contribution in [0.4, 0.5) is 5.95 Å². The van der Waals surface area contributed by atoms with Crippen LogP contribution in [0.2, 0.25) is 5.02 Å². The van der Waals surface area contributed by atoms with Crippen LogP contribution in [0.1, 0.15) is 24.5 Å². The smallest absolute Gasteiger partial charge is 0.222 e. The fourth-order valence-corrected chi connectivity index (χ4v) is 1.96. The largest absolute Gasteiger partial charge is 0.354 e. The highest BCUT2D eigenvalue weighted by Crippen LogP contribution is 2.14. The fourth-order valence-electron chi connectivity index (χ4n) is 1.76. The van der Waals surface area contributed by atoms with Crippen LogP contribution in [0.3, 0.4) is 0 Å². The van der Waals surface area contributed by atoms with Crippen LogP contribution in [0.15, 0.2) is 36.7 Å². The Labute approximate surface area is 124 Å². The molecule has 0 atom stereocenters. The molecule has 1 aromatic carbocycles. The van der Waals surface area contributed by atoms with Crippen LogP contribution in [0, 0.1) is 0 Å². The van der Waals surface area contributed by atoms with Crippen molar-refractivity contribution in [2.45, 2.75) is 26.4 Å². The summed E-state index contributed by atoms with van der Waals surface area (Å²) in [6.45, 7) is 4.46. The van der Waals surface area contributed by atoms with E-state index in [1.807, 2.05) is 36.7 Å². The third kappa shape index (κ3) is 4.47. The van der Waals surface area contributed by atoms with E-state index in [9.17, 15) is 0 Å². The van der Waals surface area contributed by atoms with Crippen molar-refractivity contribution in [2.24, 2.45) is 0 Å². The van der Waals surface area contributed by atoms with E-state index in [1.165, 1.54) is 0 Å². The topological polar surface area (TPSA) is 49.8 Å². The van der Waals surface area contributed by atoms with Gasteiger partial charge >= 0.3 is 0 Å². The number of hydrogen-bond donors (Lipinski definition) is 2. The second kappa shape index (κ2) is 7.82. The van der Waals surface area contributed by atoms with Crippen molar-refractivity contribution in [3.8, 4) is 0 Å². The Kier molecular flexibility index (Phi) is 5.77. The lowest BCUT2D eigenvalue weighted by Crippen LogP contribution is -2.14. The Balaban J connectivity index is 1.81. The highest BCUT2D eigenvalue weighted by molar-refractivity contribution is 6.31. The van der Waals surface area contributed by atoms with Crippen LogP contribution in [0.5, 0.6) is 0 Å². The third-order valence-corrected chi connectivity index (χ3v) is 3.21. The number of benzene rings is 1. The van der Waals surface area contributed by atoms with Gasteiger partial charge in [-0.2, -0.15) is 0 Å². The van der Waals surface area contributed by atoms with Gasteiger partial charge in [0.15, 0.2) is 0 Å². The second-order valence-electron chi connectivity index (χ2n) is 4.54. The molecule has 4 nitrogen and oxygen atoms in total. The Bertz CT molecular complexity index is 528. The zero-order valence-electron chi connectivity index (χ0n) is 11.6. The van der Waals surface area contributed by atoms with E-state index in [1.54, 1.807) is 0 Å². The monoisotopic (exact) mass is 290 g/mol. The zero-order valence-corrected chi connectivity index (χ0v) is 12.3. The Hall–Kier alpha value is -1.65. The minimum atomic E-state index is 0.682. The molecule has 5 heteroatoms. The van der Waals surface area contributed by atoms with Gasteiger partial charge in [-0.15, -0.1) is 0 Å². The molecule has 2 aromatic rings. The molecule has 1 aromatic heterocycles. The summed E-state index contributed by atoms with van der Waals surface area (Å²) in [7, 11) is 0. The van der Waals surface area contributed by atoms with Gasteiger partial charge in [-0.1, -0.05) is 36.7 Å². The van der Waals surface area contributed by atoms with E-state index in [0.29, 0.717) is 5.95 Å². The molecule has 106 valence electrons. The first-order valence-corrected chi connectivity index (χ1v) is 7.16. The summed E-state index contributed by atoms with van der Waals surface area (Å²) in [5, 5.41) is 7.27. The average Bonchev–Trinajstić information content (AvgIpc) is 2.48. The maximum absolute atomic E-state index is 6.10. The molecule has 0 saturated carbocycles. The first-order chi connectivity index (χ1) is 9.79. The summed E-state index contributed by atoms with van der Waals surface area (Å²) in [6, 6.07) is 7.83. The van der Waals surface area contributed by atoms with Crippen LogP contribution >= 0.6 is 11.6 Å². The summed E-state index contributed by atoms with van der Waals surface area (Å²) in [5.74, 6) is 0.682. The number of nitrogens with zero attached hydrogens (tertiary/aromatic N) is 2. The molecule has 0 unspecified atom stereocenters. The van der Waals surface area contributed by atoms with Gasteiger partial charge < -0.3 is 10.6 Å². The molecule has 20 heavy (non-hydrogen) atoms. The number of hydrogen-bond acceptors (Lipinski definition) is 4. The Morgan fingerprint density at radius 1 is 1.10 bits per heavy atom. The van der Waals surface area contributed by atoms with Gasteiger partial charge in [0, 0.05) is 42.6 Å². The molecule has 2 rings (SSSR count). The molecule has 0 spiro atoms. The van der Waals surface area contributed by atoms with Crippen LogP contribution in [0.25, 0.3) is 0 Å². The molecule has 0 aliphatic heterocycles. The van der Waals surface area contributed by atoms with Gasteiger partial charge in [0.2, 0.25) is 5.95 Å². The van der Waals surface area contributed by atoms with E-state index in [4.69, 9.17) is 11.6 Å². The molecular weight excluding hydrogens is 272 g/mol. The highest BCUT2D eigenvalue weighted by Gasteiger charge is 2.00. The number of rotatable bonds is 7. The number of anilines is 1. The number of halogens is 1. The Morgan fingerprint density at radius 2 is 1.85 bits per heavy atom. The molecule has 0 saturated heterocycles. The van der Waals surface area contributed by atoms with E-state index < -0.39 is 0 Å². The minimum Gasteiger partial charge on any atom is -0.354 e. The van der Waals surface area contributed by atoms with Gasteiger partial charge in [0.25, 0.3) is 0 Å². The first-order valence-electron chi connectivity index (χ1n) is 6.78. The van der Waals surface area contributed by atoms with Crippen molar-refractivity contribution in [1.82, 2.24) is 15.3 Å². The molecule has 0 amide bonds. The predicted octanol–water partition coefficient (Wildman–Crippen LogP) is 3.24. The number of nitrogens with one attached hydrogen (secondary N) is 2. The average molecular weight is 291 g/mol. The van der Waals surface area contributed by atoms with Crippen LogP contribution in [-0.2, 0) is 13.1 Å². The molecule has 1 heterocycles. The summed E-state index contributed by atoms with van der Waals surface area (Å²) in [6.07, 6.45) is 4.74. The maximum atomic E-state index is 6.10. The van der Waals surface area contributed by atoms with Crippen molar-refractivity contribution < 1.29 is 0 Å². The standard InChI is InChI=1S/C15H19ClN4/c1-2-7-18-15-19-9-12(10-20-15)8-17-11-13-5-3-4-6-14(13)16/h3-6,9-10,17H,2,7-8,11H2,1H3,(H,18,19,20). The zero-order chi connectivity index (χ0) is 14.2. The van der Waals surface area contributed by atoms with Crippen molar-refractivity contribution in [2.75, 3.05) is 11.9 Å². The lowest BCUT2D eigenvalue weighted by atomic mass is 10.2. The maximum Gasteiger partial charge on any atom is 0.222 e. The fraction of sp³-hybridized carbons (Fsp3) is 0.333. The normalized spacial score (nSPS) is 10.5. The molecule has 0 fully saturated rings. The van der Waals surface area contributed by atoms with Gasteiger partial charge in [-0.25, -0.2) is 9.97 Å². The van der Waals surface area contributed by atoms with Gasteiger partial charge in [-0.05, 0) is 18.1 Å². The van der Waals surface area contributed by atoms with E-state index in [2.05, 4.69) is 27.5 Å². The van der Waals surface area contributed by atoms with Crippen molar-refractivity contribution in [3.05, 3.63) is 52.8 Å². The van der Waals surface area contributed by atoms with Crippen molar-refractivity contribution in [3.63, 3.8) is 0 Å². The lowest BCUT2D eigenvalue weighted by molar-refractivity contribution is 0.689. The van der Waals surface area contributed by atoms with E-state index in [0.717, 1.165) is 42.2 Å². The van der Waals surface area contributed by atoms with Gasteiger partial charge in [0.05, 0.1) is 0 Å². The molecule has 0 bridgehead atoms. The summed E-state index contributed by atoms with van der Waals surface area (Å²) < 4.78 is 0. The molecule has 2 N–H and O–H groups in total. The number of aromatic nitrogens is 2. The summed E-state index contributed by atoms with van der Waals surface area (Å²) in [4.78, 5) is 8.54. The van der Waals surface area contributed by atoms with Crippen molar-refractivity contribution in [1.29, 1.82) is 0 Å². The lowest BCUT2D eigenvalue weighted by Gasteiger charge is -2.07. The van der Waals surface area contributed by atoms with Crippen LogP contribution < -0.4 is 10.6 Å². The van der Waals surface area contributed by atoms with Crippen molar-refractivity contribution >= 4 is 17.5 Å². The van der Waals surface area contributed by atoms with Gasteiger partial charge in [0.1, 0.15) is 0 Å². The molecular formula is C15H19ClN4. The molecule has 0 radical (unpaired) electrons. The van der Waals surface area contributed by atoms with Crippen LogP contribution in [-0.4, -0.2) is 16.5 Å². The van der Waals surface area contributed by atoms with E-state index >= 15 is 0 Å². The highest BCUT2D eigenvalue weighted by atomic mass is 35.5. The second-order valence-corrected chi connectivity index (χ2v) is 4.94. The third-order valence-electron chi connectivity index (χ3n) is 2.84. The molecule has 0 aliphatic carbocycles. The summed E-state index contributed by atoms with van der Waals surface area (Å²) in [5.41, 5.74) is 2.15. The molecule has 0 aliphatic rings. The van der Waals surface area contributed by atoms with E-state index in [-0.39, 0.29) is 0 Å². The van der Waals surface area contributed by atoms with Gasteiger partial charge in [-0.3, -0.25) is 0 Å². The Morgan fingerprint density at radius 3 is 2.55 bits per heavy atom.